The highest BCUT2D eigenvalue weighted by Crippen LogP contribution is 2.30. The molecule has 0 amide bonds. The number of hydrogen-bond donors (Lipinski definition) is 2. The molecular weight excluding hydrogens is 321 g/mol. The van der Waals surface area contributed by atoms with Gasteiger partial charge < -0.3 is 10.8 Å². The van der Waals surface area contributed by atoms with E-state index in [0.29, 0.717) is 28.4 Å². The average molecular weight is 335 g/mol. The second kappa shape index (κ2) is 5.95. The van der Waals surface area contributed by atoms with Gasteiger partial charge in [-0.05, 0) is 29.8 Å². The van der Waals surface area contributed by atoms with Gasteiger partial charge in [0.15, 0.2) is 11.5 Å². The first kappa shape index (κ1) is 15.2. The minimum atomic E-state index is -0.460. The number of fused-ring (bicyclic) bond motifs is 1. The summed E-state index contributed by atoms with van der Waals surface area (Å²) in [6, 6.07) is 12.2. The minimum Gasteiger partial charge on any atom is -0.392 e. The third-order valence-corrected chi connectivity index (χ3v) is 3.92. The Morgan fingerprint density at radius 3 is 2.64 bits per heavy atom. The van der Waals surface area contributed by atoms with Crippen molar-refractivity contribution < 1.29 is 9.50 Å². The van der Waals surface area contributed by atoms with Crippen molar-refractivity contribution in [3.05, 3.63) is 66.2 Å². The van der Waals surface area contributed by atoms with Crippen LogP contribution in [-0.2, 0) is 6.61 Å². The van der Waals surface area contributed by atoms with Crippen LogP contribution >= 0.6 is 0 Å². The van der Waals surface area contributed by atoms with E-state index in [0.717, 1.165) is 17.4 Å². The van der Waals surface area contributed by atoms with Crippen LogP contribution in [0.25, 0.3) is 28.2 Å². The van der Waals surface area contributed by atoms with Crippen molar-refractivity contribution in [2.45, 2.75) is 6.61 Å². The number of pyridine rings is 2. The molecule has 1 aromatic carbocycles. The molecule has 0 spiro atoms. The summed E-state index contributed by atoms with van der Waals surface area (Å²) < 4.78 is 15.4. The number of imidazole rings is 1. The van der Waals surface area contributed by atoms with Crippen molar-refractivity contribution in [3.8, 4) is 17.1 Å². The normalized spacial score (nSPS) is 11.1. The molecule has 0 atom stereocenters. The van der Waals surface area contributed by atoms with E-state index in [2.05, 4.69) is 15.0 Å². The Morgan fingerprint density at radius 2 is 1.92 bits per heavy atom. The second-order valence-electron chi connectivity index (χ2n) is 5.53. The molecule has 3 heterocycles. The van der Waals surface area contributed by atoms with Gasteiger partial charge in [-0.2, -0.15) is 0 Å². The van der Waals surface area contributed by atoms with Gasteiger partial charge in [0.1, 0.15) is 17.2 Å². The van der Waals surface area contributed by atoms with E-state index in [1.54, 1.807) is 35.0 Å². The lowest BCUT2D eigenvalue weighted by atomic mass is 10.2. The van der Waals surface area contributed by atoms with Gasteiger partial charge in [-0.25, -0.2) is 19.3 Å². The summed E-state index contributed by atoms with van der Waals surface area (Å²) in [5, 5.41) is 9.23. The topological polar surface area (TPSA) is 89.9 Å². The maximum atomic E-state index is 13.6. The van der Waals surface area contributed by atoms with Crippen LogP contribution < -0.4 is 5.73 Å². The predicted octanol–water partition coefficient (Wildman–Crippen LogP) is 2.70. The van der Waals surface area contributed by atoms with Crippen molar-refractivity contribution in [2.75, 3.05) is 5.73 Å². The zero-order valence-corrected chi connectivity index (χ0v) is 13.1. The molecule has 4 aromatic rings. The largest absolute Gasteiger partial charge is 0.392 e. The molecule has 3 aromatic heterocycles. The van der Waals surface area contributed by atoms with Gasteiger partial charge >= 0.3 is 0 Å². The van der Waals surface area contributed by atoms with Gasteiger partial charge in [-0.3, -0.25) is 4.57 Å². The number of nitrogen functional groups attached to an aromatic ring is 1. The van der Waals surface area contributed by atoms with Crippen molar-refractivity contribution >= 4 is 17.0 Å². The number of rotatable bonds is 3. The Labute approximate surface area is 142 Å². The number of aliphatic hydroxyl groups excluding tert-OH is 1. The highest BCUT2D eigenvalue weighted by molar-refractivity contribution is 5.82. The van der Waals surface area contributed by atoms with Crippen LogP contribution in [0.15, 0.2) is 54.9 Å². The van der Waals surface area contributed by atoms with Crippen LogP contribution in [0.5, 0.6) is 0 Å². The molecule has 0 bridgehead atoms. The van der Waals surface area contributed by atoms with Crippen LogP contribution in [0.1, 0.15) is 5.56 Å². The fraction of sp³-hybridized carbons (Fsp3) is 0.0556. The molecule has 0 saturated carbocycles. The molecule has 0 fully saturated rings. The number of halogens is 1. The summed E-state index contributed by atoms with van der Waals surface area (Å²) >= 11 is 0. The lowest BCUT2D eigenvalue weighted by Crippen LogP contribution is -2.02. The number of nitrogens with two attached hydrogens (primary N) is 1. The first-order valence-electron chi connectivity index (χ1n) is 7.62. The SMILES string of the molecule is Nc1ncccc1-c1nc2cc(F)cnc2n1-c1ccc(CO)cc1. The molecule has 6 nitrogen and oxygen atoms in total. The lowest BCUT2D eigenvalue weighted by Gasteiger charge is -2.10. The number of aliphatic hydroxyl groups is 1. The van der Waals surface area contributed by atoms with E-state index < -0.39 is 5.82 Å². The van der Waals surface area contributed by atoms with E-state index in [1.165, 1.54) is 6.07 Å². The summed E-state index contributed by atoms with van der Waals surface area (Å²) in [6.45, 7) is -0.0448. The van der Waals surface area contributed by atoms with Crippen molar-refractivity contribution in [1.29, 1.82) is 0 Å². The van der Waals surface area contributed by atoms with Gasteiger partial charge in [0.2, 0.25) is 0 Å². The van der Waals surface area contributed by atoms with E-state index in [4.69, 9.17) is 5.73 Å². The smallest absolute Gasteiger partial charge is 0.165 e. The van der Waals surface area contributed by atoms with Gasteiger partial charge in [-0.15, -0.1) is 0 Å². The number of aromatic nitrogens is 4. The quantitative estimate of drug-likeness (QED) is 0.601. The Hall–Kier alpha value is -3.32. The molecule has 0 aliphatic rings. The first-order chi connectivity index (χ1) is 12.2. The van der Waals surface area contributed by atoms with E-state index in [9.17, 15) is 9.50 Å². The number of nitrogens with zero attached hydrogens (tertiary/aromatic N) is 4. The molecule has 0 saturated heterocycles. The van der Waals surface area contributed by atoms with E-state index in [-0.39, 0.29) is 6.61 Å². The monoisotopic (exact) mass is 335 g/mol. The number of hydrogen-bond acceptors (Lipinski definition) is 5. The molecule has 0 unspecified atom stereocenters. The van der Waals surface area contributed by atoms with Crippen molar-refractivity contribution in [2.24, 2.45) is 0 Å². The summed E-state index contributed by atoms with van der Waals surface area (Å²) in [7, 11) is 0. The Morgan fingerprint density at radius 1 is 1.12 bits per heavy atom. The molecule has 0 aliphatic carbocycles. The second-order valence-corrected chi connectivity index (χ2v) is 5.53. The summed E-state index contributed by atoms with van der Waals surface area (Å²) in [5.74, 6) is 0.389. The Kier molecular flexibility index (Phi) is 3.62. The summed E-state index contributed by atoms with van der Waals surface area (Å²) in [4.78, 5) is 12.8. The first-order valence-corrected chi connectivity index (χ1v) is 7.62. The average Bonchev–Trinajstić information content (AvgIpc) is 3.00. The number of anilines is 1. The molecule has 4 rings (SSSR count). The van der Waals surface area contributed by atoms with E-state index in [1.807, 2.05) is 12.1 Å². The molecule has 124 valence electrons. The zero-order chi connectivity index (χ0) is 17.4. The lowest BCUT2D eigenvalue weighted by molar-refractivity contribution is 0.282. The molecule has 3 N–H and O–H groups in total. The summed E-state index contributed by atoms with van der Waals surface area (Å²) in [6.07, 6.45) is 2.75. The maximum Gasteiger partial charge on any atom is 0.165 e. The van der Waals surface area contributed by atoms with Crippen molar-refractivity contribution in [3.63, 3.8) is 0 Å². The molecular formula is C18H14FN5O. The third-order valence-electron chi connectivity index (χ3n) is 3.92. The molecule has 25 heavy (non-hydrogen) atoms. The van der Waals surface area contributed by atoms with Crippen molar-refractivity contribution in [1.82, 2.24) is 19.5 Å². The Bertz CT molecular complexity index is 1060. The summed E-state index contributed by atoms with van der Waals surface area (Å²) in [5.41, 5.74) is 9.13. The molecule has 7 heteroatoms. The Balaban J connectivity index is 2.03. The van der Waals surface area contributed by atoms with Crippen LogP contribution in [-0.4, -0.2) is 24.6 Å². The maximum absolute atomic E-state index is 13.6. The van der Waals surface area contributed by atoms with Gasteiger partial charge in [-0.1, -0.05) is 12.1 Å². The van der Waals surface area contributed by atoms with Crippen LogP contribution in [0.3, 0.4) is 0 Å². The fourth-order valence-electron chi connectivity index (χ4n) is 2.72. The van der Waals surface area contributed by atoms with Gasteiger partial charge in [0, 0.05) is 18.0 Å². The zero-order valence-electron chi connectivity index (χ0n) is 13.1. The van der Waals surface area contributed by atoms with E-state index >= 15 is 0 Å². The highest BCUT2D eigenvalue weighted by Gasteiger charge is 2.18. The minimum absolute atomic E-state index is 0.0448. The highest BCUT2D eigenvalue weighted by atomic mass is 19.1. The molecule has 0 aliphatic heterocycles. The van der Waals surface area contributed by atoms with Crippen LogP contribution in [0.4, 0.5) is 10.2 Å². The van der Waals surface area contributed by atoms with Gasteiger partial charge in [0.05, 0.1) is 18.4 Å². The third kappa shape index (κ3) is 2.60. The molecule has 0 radical (unpaired) electrons. The van der Waals surface area contributed by atoms with Crippen LogP contribution in [0.2, 0.25) is 0 Å². The predicted molar refractivity (Wildman–Crippen MR) is 92.4 cm³/mol. The van der Waals surface area contributed by atoms with Crippen LogP contribution in [0, 0.1) is 5.82 Å². The fourth-order valence-corrected chi connectivity index (χ4v) is 2.72. The number of benzene rings is 1. The van der Waals surface area contributed by atoms with Gasteiger partial charge in [0.25, 0.3) is 0 Å². The standard InChI is InChI=1S/C18H14FN5O/c19-12-8-15-18(22-9-12)24(13-5-3-11(10-25)4-6-13)17(23-15)14-2-1-7-21-16(14)20/h1-9,25H,10H2,(H2,20,21).